The van der Waals surface area contributed by atoms with Crippen LogP contribution < -0.4 is 10.6 Å². The van der Waals surface area contributed by atoms with E-state index in [-0.39, 0.29) is 5.91 Å². The molecule has 0 saturated carbocycles. The van der Waals surface area contributed by atoms with E-state index in [1.54, 1.807) is 52.0 Å². The maximum Gasteiger partial charge on any atom is 0.408 e. The van der Waals surface area contributed by atoms with Crippen LogP contribution in [0.1, 0.15) is 33.3 Å². The maximum atomic E-state index is 11.9. The summed E-state index contributed by atoms with van der Waals surface area (Å²) in [5.41, 5.74) is 0.442. The second kappa shape index (κ2) is 6.75. The van der Waals surface area contributed by atoms with E-state index in [9.17, 15) is 9.59 Å². The fraction of sp³-hybridized carbons (Fsp3) is 0.400. The van der Waals surface area contributed by atoms with Crippen molar-refractivity contribution in [3.63, 3.8) is 0 Å². The third kappa shape index (κ3) is 5.95. The van der Waals surface area contributed by atoms with Crippen molar-refractivity contribution in [3.05, 3.63) is 29.8 Å². The minimum Gasteiger partial charge on any atom is -0.444 e. The SMILES string of the molecule is CC(NC(=O)OC(C)(C)C)C(=O)Nc1ccc(C#N)cc1. The van der Waals surface area contributed by atoms with Crippen LogP contribution in [0.25, 0.3) is 0 Å². The zero-order chi connectivity index (χ0) is 16.0. The summed E-state index contributed by atoms with van der Waals surface area (Å²) in [6, 6.07) is 7.69. The molecular weight excluding hydrogens is 270 g/mol. The predicted octanol–water partition coefficient (Wildman–Crippen LogP) is 2.41. The van der Waals surface area contributed by atoms with E-state index in [4.69, 9.17) is 10.00 Å². The number of rotatable bonds is 3. The number of alkyl carbamates (subject to hydrolysis) is 1. The molecule has 0 heterocycles. The van der Waals surface area contributed by atoms with Crippen molar-refractivity contribution in [2.45, 2.75) is 39.3 Å². The fourth-order valence-electron chi connectivity index (χ4n) is 1.43. The average Bonchev–Trinajstić information content (AvgIpc) is 2.37. The maximum absolute atomic E-state index is 11.9. The van der Waals surface area contributed by atoms with Gasteiger partial charge in [-0.3, -0.25) is 4.79 Å². The van der Waals surface area contributed by atoms with Crippen molar-refractivity contribution in [2.24, 2.45) is 0 Å². The molecule has 6 nitrogen and oxygen atoms in total. The van der Waals surface area contributed by atoms with Gasteiger partial charge in [0.05, 0.1) is 11.6 Å². The summed E-state index contributed by atoms with van der Waals surface area (Å²) < 4.78 is 5.07. The molecular formula is C15H19N3O3. The van der Waals surface area contributed by atoms with Gasteiger partial charge in [-0.1, -0.05) is 0 Å². The zero-order valence-corrected chi connectivity index (χ0v) is 12.6. The number of hydrogen-bond acceptors (Lipinski definition) is 4. The van der Waals surface area contributed by atoms with Gasteiger partial charge in [-0.25, -0.2) is 4.79 Å². The normalized spacial score (nSPS) is 12.0. The van der Waals surface area contributed by atoms with Crippen LogP contribution in [-0.4, -0.2) is 23.6 Å². The van der Waals surface area contributed by atoms with Gasteiger partial charge in [0.1, 0.15) is 11.6 Å². The molecule has 112 valence electrons. The highest BCUT2D eigenvalue weighted by atomic mass is 16.6. The van der Waals surface area contributed by atoms with Crippen molar-refractivity contribution < 1.29 is 14.3 Å². The third-order valence-electron chi connectivity index (χ3n) is 2.41. The Hall–Kier alpha value is -2.55. The molecule has 2 amide bonds. The Balaban J connectivity index is 2.54. The van der Waals surface area contributed by atoms with Crippen molar-refractivity contribution in [1.29, 1.82) is 5.26 Å². The quantitative estimate of drug-likeness (QED) is 0.893. The Morgan fingerprint density at radius 2 is 1.81 bits per heavy atom. The van der Waals surface area contributed by atoms with Gasteiger partial charge in [0.25, 0.3) is 0 Å². The second-order valence-electron chi connectivity index (χ2n) is 5.55. The Kier molecular flexibility index (Phi) is 5.30. The van der Waals surface area contributed by atoms with Gasteiger partial charge in [0.15, 0.2) is 0 Å². The lowest BCUT2D eigenvalue weighted by atomic mass is 10.2. The summed E-state index contributed by atoms with van der Waals surface area (Å²) in [5, 5.41) is 13.8. The summed E-state index contributed by atoms with van der Waals surface area (Å²) >= 11 is 0. The number of amides is 2. The van der Waals surface area contributed by atoms with Gasteiger partial charge >= 0.3 is 6.09 Å². The summed E-state index contributed by atoms with van der Waals surface area (Å²) in [7, 11) is 0. The number of nitrogens with zero attached hydrogens (tertiary/aromatic N) is 1. The van der Waals surface area contributed by atoms with Crippen LogP contribution in [0.3, 0.4) is 0 Å². The Bertz CT molecular complexity index is 553. The number of nitriles is 1. The Morgan fingerprint density at radius 1 is 1.24 bits per heavy atom. The molecule has 6 heteroatoms. The molecule has 0 radical (unpaired) electrons. The minimum absolute atomic E-state index is 0.370. The number of benzene rings is 1. The zero-order valence-electron chi connectivity index (χ0n) is 12.6. The predicted molar refractivity (Wildman–Crippen MR) is 78.6 cm³/mol. The highest BCUT2D eigenvalue weighted by Gasteiger charge is 2.20. The molecule has 0 spiro atoms. The van der Waals surface area contributed by atoms with Gasteiger partial charge < -0.3 is 15.4 Å². The van der Waals surface area contributed by atoms with E-state index in [1.165, 1.54) is 0 Å². The number of carbonyl (C=O) groups is 2. The monoisotopic (exact) mass is 289 g/mol. The number of hydrogen-bond donors (Lipinski definition) is 2. The minimum atomic E-state index is -0.740. The molecule has 1 unspecified atom stereocenters. The highest BCUT2D eigenvalue weighted by Crippen LogP contribution is 2.10. The molecule has 1 aromatic rings. The molecule has 1 atom stereocenters. The molecule has 0 saturated heterocycles. The summed E-state index contributed by atoms with van der Waals surface area (Å²) in [4.78, 5) is 23.5. The van der Waals surface area contributed by atoms with Gasteiger partial charge in [0, 0.05) is 5.69 Å². The average molecular weight is 289 g/mol. The van der Waals surface area contributed by atoms with Gasteiger partial charge in [-0.2, -0.15) is 5.26 Å². The van der Waals surface area contributed by atoms with Gasteiger partial charge in [0.2, 0.25) is 5.91 Å². The number of ether oxygens (including phenoxy) is 1. The first-order valence-corrected chi connectivity index (χ1v) is 6.52. The van der Waals surface area contributed by atoms with E-state index < -0.39 is 17.7 Å². The van der Waals surface area contributed by atoms with Gasteiger partial charge in [-0.15, -0.1) is 0 Å². The summed E-state index contributed by atoms with van der Waals surface area (Å²) in [5.74, 6) is -0.370. The summed E-state index contributed by atoms with van der Waals surface area (Å²) in [6.45, 7) is 6.79. The first-order valence-electron chi connectivity index (χ1n) is 6.52. The Labute approximate surface area is 124 Å². The first kappa shape index (κ1) is 16.5. The molecule has 1 aromatic carbocycles. The number of carbonyl (C=O) groups excluding carboxylic acids is 2. The first-order chi connectivity index (χ1) is 9.71. The fourth-order valence-corrected chi connectivity index (χ4v) is 1.43. The van der Waals surface area contributed by atoms with Gasteiger partial charge in [-0.05, 0) is 52.0 Å². The molecule has 0 aliphatic carbocycles. The van der Waals surface area contributed by atoms with Crippen LogP contribution in [0.5, 0.6) is 0 Å². The molecule has 1 rings (SSSR count). The van der Waals surface area contributed by atoms with Crippen LogP contribution in [-0.2, 0) is 9.53 Å². The lowest BCUT2D eigenvalue weighted by Gasteiger charge is -2.21. The molecule has 0 aliphatic heterocycles. The highest BCUT2D eigenvalue weighted by molar-refractivity contribution is 5.96. The summed E-state index contributed by atoms with van der Waals surface area (Å²) in [6.07, 6.45) is -0.648. The smallest absolute Gasteiger partial charge is 0.408 e. The third-order valence-corrected chi connectivity index (χ3v) is 2.41. The molecule has 0 bridgehead atoms. The number of anilines is 1. The van der Waals surface area contributed by atoms with E-state index in [2.05, 4.69) is 10.6 Å². The van der Waals surface area contributed by atoms with Crippen LogP contribution >= 0.6 is 0 Å². The van der Waals surface area contributed by atoms with Crippen LogP contribution in [0.4, 0.5) is 10.5 Å². The van der Waals surface area contributed by atoms with Crippen molar-refractivity contribution in [2.75, 3.05) is 5.32 Å². The topological polar surface area (TPSA) is 91.2 Å². The lowest BCUT2D eigenvalue weighted by molar-refractivity contribution is -0.117. The van der Waals surface area contributed by atoms with Crippen LogP contribution in [0.15, 0.2) is 24.3 Å². The van der Waals surface area contributed by atoms with Crippen molar-refractivity contribution in [3.8, 4) is 6.07 Å². The Morgan fingerprint density at radius 3 is 2.29 bits per heavy atom. The molecule has 0 aliphatic rings. The lowest BCUT2D eigenvalue weighted by Crippen LogP contribution is -2.43. The van der Waals surface area contributed by atoms with Crippen molar-refractivity contribution >= 4 is 17.7 Å². The number of nitrogens with one attached hydrogen (secondary N) is 2. The molecule has 21 heavy (non-hydrogen) atoms. The van der Waals surface area contributed by atoms with Crippen LogP contribution in [0.2, 0.25) is 0 Å². The van der Waals surface area contributed by atoms with Crippen molar-refractivity contribution in [1.82, 2.24) is 5.32 Å². The van der Waals surface area contributed by atoms with E-state index in [0.29, 0.717) is 11.3 Å². The molecule has 2 N–H and O–H groups in total. The van der Waals surface area contributed by atoms with Crippen LogP contribution in [0, 0.1) is 11.3 Å². The van der Waals surface area contributed by atoms with E-state index in [1.807, 2.05) is 6.07 Å². The standard InChI is InChI=1S/C15H19N3O3/c1-10(17-14(20)21-15(2,3)4)13(19)18-12-7-5-11(9-16)6-8-12/h5-8,10H,1-4H3,(H,17,20)(H,18,19). The van der Waals surface area contributed by atoms with E-state index >= 15 is 0 Å². The molecule has 0 fully saturated rings. The van der Waals surface area contributed by atoms with E-state index in [0.717, 1.165) is 0 Å². The largest absolute Gasteiger partial charge is 0.444 e. The molecule has 0 aromatic heterocycles. The second-order valence-corrected chi connectivity index (χ2v) is 5.55.